The fraction of sp³-hybridized carbons (Fsp3) is 1.00. The van der Waals surface area contributed by atoms with Gasteiger partial charge in [-0.2, -0.15) is 0 Å². The van der Waals surface area contributed by atoms with Gasteiger partial charge in [0.05, 0.1) is 6.10 Å². The molecule has 0 aromatic carbocycles. The molecule has 2 heterocycles. The van der Waals surface area contributed by atoms with E-state index in [4.69, 9.17) is 0 Å². The number of rotatable bonds is 5. The van der Waals surface area contributed by atoms with Gasteiger partial charge in [0.25, 0.3) is 0 Å². The zero-order valence-corrected chi connectivity index (χ0v) is 14.1. The third kappa shape index (κ3) is 3.16. The Morgan fingerprint density at radius 3 is 2.43 bits per heavy atom. The number of nitrogens with one attached hydrogen (secondary N) is 1. The first-order chi connectivity index (χ1) is 10.0. The predicted molar refractivity (Wildman–Crippen MR) is 87.3 cm³/mol. The Labute approximate surface area is 130 Å². The van der Waals surface area contributed by atoms with Crippen LogP contribution in [0.15, 0.2) is 0 Å². The van der Waals surface area contributed by atoms with E-state index in [0.717, 1.165) is 25.3 Å². The molecule has 3 fully saturated rings. The van der Waals surface area contributed by atoms with Crippen molar-refractivity contribution in [3.63, 3.8) is 0 Å². The van der Waals surface area contributed by atoms with E-state index >= 15 is 0 Å². The monoisotopic (exact) mass is 294 g/mol. The van der Waals surface area contributed by atoms with Crippen LogP contribution in [0, 0.1) is 11.3 Å². The standard InChI is InChI=1S/C18H34N2O/c1-4-9-19-17-13(7-8-18(17,2)3)12-20-14-5-6-15(20)11-16(21)10-14/h13-17,19,21H,4-12H2,1-3H3. The molecular formula is C18H34N2O. The minimum atomic E-state index is -0.0345. The van der Waals surface area contributed by atoms with Crippen molar-refractivity contribution in [1.29, 1.82) is 0 Å². The molecule has 3 aliphatic rings. The summed E-state index contributed by atoms with van der Waals surface area (Å²) in [7, 11) is 0. The average Bonchev–Trinajstić information content (AvgIpc) is 2.83. The van der Waals surface area contributed by atoms with E-state index in [1.165, 1.54) is 38.6 Å². The molecule has 1 saturated carbocycles. The van der Waals surface area contributed by atoms with Gasteiger partial charge >= 0.3 is 0 Å². The molecule has 2 aliphatic heterocycles. The van der Waals surface area contributed by atoms with Gasteiger partial charge in [0.15, 0.2) is 0 Å². The number of fused-ring (bicyclic) bond motifs is 2. The van der Waals surface area contributed by atoms with E-state index in [2.05, 4.69) is 31.0 Å². The van der Waals surface area contributed by atoms with Gasteiger partial charge in [0, 0.05) is 24.7 Å². The van der Waals surface area contributed by atoms with Crippen molar-refractivity contribution in [3.8, 4) is 0 Å². The van der Waals surface area contributed by atoms with Crippen molar-refractivity contribution in [3.05, 3.63) is 0 Å². The molecule has 4 unspecified atom stereocenters. The van der Waals surface area contributed by atoms with E-state index in [-0.39, 0.29) is 6.10 Å². The number of nitrogens with zero attached hydrogens (tertiary/aromatic N) is 1. The first-order valence-corrected chi connectivity index (χ1v) is 9.18. The molecule has 2 saturated heterocycles. The minimum absolute atomic E-state index is 0.0345. The lowest BCUT2D eigenvalue weighted by atomic mass is 9.84. The van der Waals surface area contributed by atoms with Crippen LogP contribution in [0.4, 0.5) is 0 Å². The highest BCUT2D eigenvalue weighted by Crippen LogP contribution is 2.44. The second kappa shape index (κ2) is 6.17. The maximum absolute atomic E-state index is 9.98. The van der Waals surface area contributed by atoms with Gasteiger partial charge in [0.1, 0.15) is 0 Å². The number of aliphatic hydroxyl groups excluding tert-OH is 1. The molecule has 2 bridgehead atoms. The zero-order valence-electron chi connectivity index (χ0n) is 14.1. The fourth-order valence-electron chi connectivity index (χ4n) is 5.27. The average molecular weight is 294 g/mol. The smallest absolute Gasteiger partial charge is 0.0570 e. The van der Waals surface area contributed by atoms with Gasteiger partial charge in [-0.15, -0.1) is 0 Å². The Bertz CT molecular complexity index is 343. The van der Waals surface area contributed by atoms with Gasteiger partial charge in [-0.25, -0.2) is 0 Å². The molecule has 3 nitrogen and oxygen atoms in total. The highest BCUT2D eigenvalue weighted by atomic mass is 16.3. The Morgan fingerprint density at radius 2 is 1.81 bits per heavy atom. The van der Waals surface area contributed by atoms with Gasteiger partial charge < -0.3 is 10.4 Å². The van der Waals surface area contributed by atoms with Crippen molar-refractivity contribution in [2.24, 2.45) is 11.3 Å². The van der Waals surface area contributed by atoms with Crippen LogP contribution in [0.1, 0.15) is 65.7 Å². The van der Waals surface area contributed by atoms with Gasteiger partial charge in [-0.3, -0.25) is 4.90 Å². The highest BCUT2D eigenvalue weighted by molar-refractivity contribution is 5.01. The third-order valence-corrected chi connectivity index (χ3v) is 6.39. The molecule has 122 valence electrons. The maximum atomic E-state index is 9.98. The van der Waals surface area contributed by atoms with Crippen LogP contribution >= 0.6 is 0 Å². The maximum Gasteiger partial charge on any atom is 0.0570 e. The van der Waals surface area contributed by atoms with Crippen LogP contribution < -0.4 is 5.32 Å². The number of hydrogen-bond acceptors (Lipinski definition) is 3. The van der Waals surface area contributed by atoms with E-state index in [1.807, 2.05) is 0 Å². The van der Waals surface area contributed by atoms with Gasteiger partial charge in [-0.05, 0) is 62.8 Å². The molecule has 21 heavy (non-hydrogen) atoms. The normalized spacial score (nSPS) is 42.6. The molecular weight excluding hydrogens is 260 g/mol. The molecule has 0 amide bonds. The molecule has 0 radical (unpaired) electrons. The van der Waals surface area contributed by atoms with Crippen molar-refractivity contribution < 1.29 is 5.11 Å². The Kier molecular flexibility index (Phi) is 4.63. The van der Waals surface area contributed by atoms with Crippen molar-refractivity contribution in [1.82, 2.24) is 10.2 Å². The molecule has 3 rings (SSSR count). The first kappa shape index (κ1) is 15.8. The summed E-state index contributed by atoms with van der Waals surface area (Å²) in [6.07, 6.45) is 8.56. The highest BCUT2D eigenvalue weighted by Gasteiger charge is 2.46. The lowest BCUT2D eigenvalue weighted by Gasteiger charge is -2.41. The Hall–Kier alpha value is -0.120. The molecule has 2 N–H and O–H groups in total. The minimum Gasteiger partial charge on any atom is -0.393 e. The summed E-state index contributed by atoms with van der Waals surface area (Å²) in [6, 6.07) is 1.99. The fourth-order valence-corrected chi connectivity index (χ4v) is 5.27. The summed E-state index contributed by atoms with van der Waals surface area (Å²) in [5.74, 6) is 0.796. The van der Waals surface area contributed by atoms with Gasteiger partial charge in [0.2, 0.25) is 0 Å². The summed E-state index contributed by atoms with van der Waals surface area (Å²) >= 11 is 0. The largest absolute Gasteiger partial charge is 0.393 e. The molecule has 1 aliphatic carbocycles. The van der Waals surface area contributed by atoms with Crippen LogP contribution in [0.25, 0.3) is 0 Å². The SMILES string of the molecule is CCCNC1C(CN2C3CCC2CC(O)C3)CCC1(C)C. The van der Waals surface area contributed by atoms with Crippen LogP contribution in [0.5, 0.6) is 0 Å². The van der Waals surface area contributed by atoms with Crippen molar-refractivity contribution in [2.45, 2.75) is 89.9 Å². The zero-order chi connectivity index (χ0) is 15.0. The summed E-state index contributed by atoms with van der Waals surface area (Å²) < 4.78 is 0. The first-order valence-electron chi connectivity index (χ1n) is 9.18. The second-order valence-electron chi connectivity index (χ2n) is 8.43. The quantitative estimate of drug-likeness (QED) is 0.818. The summed E-state index contributed by atoms with van der Waals surface area (Å²) in [5, 5.41) is 13.8. The van der Waals surface area contributed by atoms with Crippen LogP contribution in [0.2, 0.25) is 0 Å². The van der Waals surface area contributed by atoms with E-state index in [9.17, 15) is 5.11 Å². The van der Waals surface area contributed by atoms with Crippen LogP contribution in [0.3, 0.4) is 0 Å². The van der Waals surface area contributed by atoms with E-state index < -0.39 is 0 Å². The van der Waals surface area contributed by atoms with Gasteiger partial charge in [-0.1, -0.05) is 20.8 Å². The molecule has 0 aromatic rings. The molecule has 3 heteroatoms. The molecule has 4 atom stereocenters. The second-order valence-corrected chi connectivity index (χ2v) is 8.43. The summed E-state index contributed by atoms with van der Waals surface area (Å²) in [4.78, 5) is 2.76. The number of hydrogen-bond donors (Lipinski definition) is 2. The number of aliphatic hydroxyl groups is 1. The molecule has 0 aromatic heterocycles. The Morgan fingerprint density at radius 1 is 1.14 bits per heavy atom. The van der Waals surface area contributed by atoms with Crippen LogP contribution in [-0.4, -0.2) is 47.3 Å². The summed E-state index contributed by atoms with van der Waals surface area (Å²) in [6.45, 7) is 9.54. The van der Waals surface area contributed by atoms with Crippen molar-refractivity contribution in [2.75, 3.05) is 13.1 Å². The third-order valence-electron chi connectivity index (χ3n) is 6.39. The van der Waals surface area contributed by atoms with Crippen LogP contribution in [-0.2, 0) is 0 Å². The molecule has 0 spiro atoms. The van der Waals surface area contributed by atoms with E-state index in [0.29, 0.717) is 23.5 Å². The lowest BCUT2D eigenvalue weighted by Crippen LogP contribution is -2.51. The van der Waals surface area contributed by atoms with E-state index in [1.54, 1.807) is 0 Å². The number of piperidine rings is 1. The van der Waals surface area contributed by atoms with Crippen molar-refractivity contribution >= 4 is 0 Å². The summed E-state index contributed by atoms with van der Waals surface area (Å²) in [5.41, 5.74) is 0.439. The Balaban J connectivity index is 1.64. The lowest BCUT2D eigenvalue weighted by molar-refractivity contribution is 0.0233. The predicted octanol–water partition coefficient (Wildman–Crippen LogP) is 2.78. The topological polar surface area (TPSA) is 35.5 Å².